The van der Waals surface area contributed by atoms with Gasteiger partial charge in [0.25, 0.3) is 0 Å². The van der Waals surface area contributed by atoms with Gasteiger partial charge in [-0.05, 0) is 51.4 Å². The minimum Gasteiger partial charge on any atom is -0.393 e. The van der Waals surface area contributed by atoms with E-state index in [2.05, 4.69) is 43.5 Å². The second-order valence-corrected chi connectivity index (χ2v) is 19.6. The standard InChI is InChI=1S/C50H94NO12P/c1-3-5-7-9-11-13-15-17-18-19-20-21-22-23-24-26-27-29-31-33-35-37-41(52)39-44(54)51-42(43(53)38-36-34-32-30-28-25-16-14-12-10-8-6-4-2)40-62-64(60,61)63-50-48(58)46(56)45(55)47(57)49(50)59/h20-21,23-24,36,38,41-43,45-50,52-53,55-59H,3-19,22,25-35,37,39-40H2,1-2H3,(H,51,54)(H,60,61)/b21-20-,24-23-,38-36+. The van der Waals surface area contributed by atoms with E-state index in [0.717, 1.165) is 64.2 Å². The van der Waals surface area contributed by atoms with Crippen LogP contribution in [0.2, 0.25) is 0 Å². The molecule has 376 valence electrons. The van der Waals surface area contributed by atoms with Crippen LogP contribution in [0.4, 0.5) is 0 Å². The number of carbonyl (C=O) groups is 1. The average Bonchev–Trinajstić information content (AvgIpc) is 3.27. The highest BCUT2D eigenvalue weighted by Gasteiger charge is 2.51. The van der Waals surface area contributed by atoms with Crippen LogP contribution in [0.1, 0.15) is 213 Å². The molecule has 8 atom stereocenters. The quantitative estimate of drug-likeness (QED) is 0.0159. The van der Waals surface area contributed by atoms with Crippen molar-refractivity contribution in [3.8, 4) is 0 Å². The summed E-state index contributed by atoms with van der Waals surface area (Å²) in [4.78, 5) is 23.5. The maximum absolute atomic E-state index is 13.0. The van der Waals surface area contributed by atoms with Crippen LogP contribution < -0.4 is 5.32 Å². The number of aliphatic hydroxyl groups excluding tert-OH is 7. The smallest absolute Gasteiger partial charge is 0.393 e. The molecular formula is C50H94NO12P. The number of allylic oxidation sites excluding steroid dienone is 5. The number of unbranched alkanes of at least 4 members (excludes halogenated alkanes) is 25. The van der Waals surface area contributed by atoms with Gasteiger partial charge >= 0.3 is 7.82 Å². The molecular weight excluding hydrogens is 838 g/mol. The Morgan fingerprint density at radius 1 is 0.562 bits per heavy atom. The van der Waals surface area contributed by atoms with Crippen LogP contribution >= 0.6 is 7.82 Å². The summed E-state index contributed by atoms with van der Waals surface area (Å²) in [6.45, 7) is 3.74. The molecule has 1 saturated carbocycles. The molecule has 1 aliphatic carbocycles. The molecule has 0 heterocycles. The van der Waals surface area contributed by atoms with Crippen molar-refractivity contribution in [1.29, 1.82) is 0 Å². The summed E-state index contributed by atoms with van der Waals surface area (Å²) in [5.74, 6) is -0.601. The molecule has 1 aliphatic rings. The Labute approximate surface area is 387 Å². The normalized spacial score (nSPS) is 23.0. The zero-order valence-corrected chi connectivity index (χ0v) is 40.8. The first kappa shape index (κ1) is 60.5. The van der Waals surface area contributed by atoms with E-state index in [1.807, 2.05) is 0 Å². The summed E-state index contributed by atoms with van der Waals surface area (Å²) < 4.78 is 22.9. The van der Waals surface area contributed by atoms with Crippen molar-refractivity contribution in [3.05, 3.63) is 36.5 Å². The summed E-state index contributed by atoms with van der Waals surface area (Å²) in [6.07, 6.45) is 32.3. The van der Waals surface area contributed by atoms with Crippen molar-refractivity contribution in [3.63, 3.8) is 0 Å². The van der Waals surface area contributed by atoms with Crippen LogP contribution in [0.25, 0.3) is 0 Å². The van der Waals surface area contributed by atoms with Gasteiger partial charge in [-0.2, -0.15) is 0 Å². The Morgan fingerprint density at radius 2 is 0.953 bits per heavy atom. The second-order valence-electron chi connectivity index (χ2n) is 18.2. The van der Waals surface area contributed by atoms with Gasteiger partial charge in [0.05, 0.1) is 31.3 Å². The molecule has 13 nitrogen and oxygen atoms in total. The zero-order chi connectivity index (χ0) is 47.3. The largest absolute Gasteiger partial charge is 0.472 e. The summed E-state index contributed by atoms with van der Waals surface area (Å²) >= 11 is 0. The van der Waals surface area contributed by atoms with Gasteiger partial charge in [-0.15, -0.1) is 0 Å². The second kappa shape index (κ2) is 39.5. The van der Waals surface area contributed by atoms with E-state index < -0.39 is 75.2 Å². The molecule has 1 amide bonds. The number of rotatable bonds is 42. The van der Waals surface area contributed by atoms with Crippen LogP contribution in [0, 0.1) is 0 Å². The van der Waals surface area contributed by atoms with Crippen molar-refractivity contribution in [2.45, 2.75) is 268 Å². The van der Waals surface area contributed by atoms with Gasteiger partial charge in [-0.25, -0.2) is 4.57 Å². The van der Waals surface area contributed by atoms with E-state index in [0.29, 0.717) is 12.8 Å². The predicted octanol–water partition coefficient (Wildman–Crippen LogP) is 9.31. The Morgan fingerprint density at radius 3 is 1.41 bits per heavy atom. The first-order valence-corrected chi connectivity index (χ1v) is 27.0. The molecule has 0 saturated heterocycles. The molecule has 0 radical (unpaired) electrons. The van der Waals surface area contributed by atoms with Gasteiger partial charge < -0.3 is 46.0 Å². The molecule has 14 heteroatoms. The van der Waals surface area contributed by atoms with Crippen LogP contribution in [0.5, 0.6) is 0 Å². The molecule has 0 aromatic heterocycles. The van der Waals surface area contributed by atoms with Crippen molar-refractivity contribution >= 4 is 13.7 Å². The summed E-state index contributed by atoms with van der Waals surface area (Å²) in [5, 5.41) is 74.6. The third-order valence-corrected chi connectivity index (χ3v) is 13.2. The number of amides is 1. The highest BCUT2D eigenvalue weighted by Crippen LogP contribution is 2.47. The molecule has 1 fully saturated rings. The minimum atomic E-state index is -5.14. The molecule has 0 aromatic carbocycles. The van der Waals surface area contributed by atoms with E-state index in [-0.39, 0.29) is 6.42 Å². The highest BCUT2D eigenvalue weighted by molar-refractivity contribution is 7.47. The van der Waals surface area contributed by atoms with Gasteiger partial charge in [0.1, 0.15) is 36.6 Å². The lowest BCUT2D eigenvalue weighted by Gasteiger charge is -2.41. The van der Waals surface area contributed by atoms with Gasteiger partial charge in [0.2, 0.25) is 5.91 Å². The summed E-state index contributed by atoms with van der Waals surface area (Å²) in [6, 6.07) is -1.24. The van der Waals surface area contributed by atoms with Crippen LogP contribution in [0.15, 0.2) is 36.5 Å². The molecule has 0 aromatic rings. The molecule has 0 aliphatic heterocycles. The Bertz CT molecular complexity index is 1240. The summed E-state index contributed by atoms with van der Waals surface area (Å²) in [5.41, 5.74) is 0. The summed E-state index contributed by atoms with van der Waals surface area (Å²) in [7, 11) is -5.14. The molecule has 0 spiro atoms. The van der Waals surface area contributed by atoms with E-state index in [9.17, 15) is 50.0 Å². The monoisotopic (exact) mass is 932 g/mol. The fourth-order valence-electron chi connectivity index (χ4n) is 8.04. The topological polar surface area (TPSA) is 226 Å². The molecule has 8 unspecified atom stereocenters. The number of hydrogen-bond acceptors (Lipinski definition) is 11. The van der Waals surface area contributed by atoms with E-state index in [1.54, 1.807) is 6.08 Å². The lowest BCUT2D eigenvalue weighted by Crippen LogP contribution is -2.64. The Balaban J connectivity index is 2.47. The maximum atomic E-state index is 13.0. The fourth-order valence-corrected chi connectivity index (χ4v) is 9.00. The number of phosphoric ester groups is 1. The predicted molar refractivity (Wildman–Crippen MR) is 257 cm³/mol. The van der Waals surface area contributed by atoms with Crippen molar-refractivity contribution in [1.82, 2.24) is 5.32 Å². The number of hydrogen-bond donors (Lipinski definition) is 9. The minimum absolute atomic E-state index is 0.254. The van der Waals surface area contributed by atoms with Crippen molar-refractivity contribution in [2.24, 2.45) is 0 Å². The molecule has 1 rings (SSSR count). The third-order valence-electron chi connectivity index (χ3n) is 12.2. The van der Waals surface area contributed by atoms with E-state index >= 15 is 0 Å². The van der Waals surface area contributed by atoms with Gasteiger partial charge in [-0.3, -0.25) is 13.8 Å². The van der Waals surface area contributed by atoms with Crippen molar-refractivity contribution in [2.75, 3.05) is 6.61 Å². The molecule has 9 N–H and O–H groups in total. The number of carbonyl (C=O) groups excluding carboxylic acids is 1. The molecule has 0 bridgehead atoms. The first-order valence-electron chi connectivity index (χ1n) is 25.5. The van der Waals surface area contributed by atoms with E-state index in [1.165, 1.54) is 122 Å². The number of nitrogens with one attached hydrogen (secondary N) is 1. The Kier molecular flexibility index (Phi) is 37.4. The first-order chi connectivity index (χ1) is 30.8. The van der Waals surface area contributed by atoms with Crippen LogP contribution in [-0.2, 0) is 18.4 Å². The molecule has 64 heavy (non-hydrogen) atoms. The highest BCUT2D eigenvalue weighted by atomic mass is 31.2. The van der Waals surface area contributed by atoms with Crippen LogP contribution in [-0.4, -0.2) is 108 Å². The lowest BCUT2D eigenvalue weighted by atomic mass is 9.85. The van der Waals surface area contributed by atoms with Crippen LogP contribution in [0.3, 0.4) is 0 Å². The SMILES string of the molecule is CCCCCCCCCCC/C=C\C/C=C\CCCCCCCC(O)CC(=O)NC(COP(=O)(O)OC1C(O)C(O)C(O)C(O)C1O)C(O)/C=C/CCCCCCCCCCCCC. The third kappa shape index (κ3) is 30.7. The number of phosphoric acid groups is 1. The Hall–Kier alpha value is -1.48. The van der Waals surface area contributed by atoms with Gasteiger partial charge in [0.15, 0.2) is 0 Å². The lowest BCUT2D eigenvalue weighted by molar-refractivity contribution is -0.220. The fraction of sp³-hybridized carbons (Fsp3) is 0.860. The number of aliphatic hydroxyl groups is 7. The van der Waals surface area contributed by atoms with Gasteiger partial charge in [-0.1, -0.05) is 192 Å². The van der Waals surface area contributed by atoms with E-state index in [4.69, 9.17) is 9.05 Å². The van der Waals surface area contributed by atoms with Crippen molar-refractivity contribution < 1.29 is 59.0 Å². The maximum Gasteiger partial charge on any atom is 0.472 e. The zero-order valence-electron chi connectivity index (χ0n) is 39.9. The van der Waals surface area contributed by atoms with Gasteiger partial charge in [0, 0.05) is 0 Å². The average molecular weight is 932 g/mol.